The molecule has 0 bridgehead atoms. The Kier molecular flexibility index (Phi) is 6.06. The van der Waals surface area contributed by atoms with Crippen molar-refractivity contribution in [3.63, 3.8) is 0 Å². The maximum Gasteiger partial charge on any atom is 0.211 e. The zero-order valence-electron chi connectivity index (χ0n) is 11.6. The van der Waals surface area contributed by atoms with E-state index in [-0.39, 0.29) is 11.9 Å². The zero-order chi connectivity index (χ0) is 13.6. The van der Waals surface area contributed by atoms with Gasteiger partial charge in [0.2, 0.25) is 10.0 Å². The molecule has 0 aliphatic carbocycles. The van der Waals surface area contributed by atoms with Crippen LogP contribution in [0.4, 0.5) is 0 Å². The molecule has 2 N–H and O–H groups in total. The summed E-state index contributed by atoms with van der Waals surface area (Å²) in [5, 5.41) is 3.30. The number of nitrogens with one attached hydrogen (secondary N) is 2. The van der Waals surface area contributed by atoms with Gasteiger partial charge in [-0.1, -0.05) is 0 Å². The molecule has 5 nitrogen and oxygen atoms in total. The predicted octanol–water partition coefficient (Wildman–Crippen LogP) is 0.865. The summed E-state index contributed by atoms with van der Waals surface area (Å²) in [6.45, 7) is 3.25. The molecule has 112 valence electrons. The van der Waals surface area contributed by atoms with Gasteiger partial charge < -0.3 is 10.1 Å². The second kappa shape index (κ2) is 7.57. The Hall–Kier alpha value is -0.170. The molecule has 1 atom stereocenters. The van der Waals surface area contributed by atoms with Crippen LogP contribution in [0, 0.1) is 5.92 Å². The minimum Gasteiger partial charge on any atom is -0.377 e. The minimum absolute atomic E-state index is 0.0717. The molecule has 2 heterocycles. The number of piperidine rings is 1. The van der Waals surface area contributed by atoms with Gasteiger partial charge in [-0.2, -0.15) is 0 Å². The lowest BCUT2D eigenvalue weighted by molar-refractivity contribution is 0.0200. The monoisotopic (exact) mass is 290 g/mol. The molecule has 0 aromatic heterocycles. The van der Waals surface area contributed by atoms with E-state index in [1.165, 1.54) is 0 Å². The van der Waals surface area contributed by atoms with Crippen molar-refractivity contribution in [2.45, 2.75) is 44.6 Å². The summed E-state index contributed by atoms with van der Waals surface area (Å²) in [6.07, 6.45) is 6.25. The van der Waals surface area contributed by atoms with E-state index in [1.807, 2.05) is 0 Å². The third-order valence-corrected chi connectivity index (χ3v) is 5.44. The predicted molar refractivity (Wildman–Crippen MR) is 75.6 cm³/mol. The Morgan fingerprint density at radius 2 is 1.95 bits per heavy atom. The first-order valence-corrected chi connectivity index (χ1v) is 9.10. The van der Waals surface area contributed by atoms with Crippen LogP contribution in [0.2, 0.25) is 0 Å². The van der Waals surface area contributed by atoms with E-state index in [9.17, 15) is 8.42 Å². The summed E-state index contributed by atoms with van der Waals surface area (Å²) in [5.41, 5.74) is 0. The van der Waals surface area contributed by atoms with Gasteiger partial charge in [-0.25, -0.2) is 13.1 Å². The topological polar surface area (TPSA) is 67.4 Å². The van der Waals surface area contributed by atoms with Crippen molar-refractivity contribution in [3.8, 4) is 0 Å². The van der Waals surface area contributed by atoms with Gasteiger partial charge in [0.1, 0.15) is 0 Å². The Morgan fingerprint density at radius 1 is 1.16 bits per heavy atom. The first-order chi connectivity index (χ1) is 9.16. The van der Waals surface area contributed by atoms with E-state index in [0.29, 0.717) is 12.5 Å². The van der Waals surface area contributed by atoms with Gasteiger partial charge in [0.25, 0.3) is 0 Å². The molecular weight excluding hydrogens is 264 g/mol. The lowest BCUT2D eigenvalue weighted by Crippen LogP contribution is -2.37. The van der Waals surface area contributed by atoms with E-state index < -0.39 is 10.0 Å². The Balaban J connectivity index is 1.65. The molecule has 0 radical (unpaired) electrons. The molecular formula is C13H26N2O3S. The van der Waals surface area contributed by atoms with Crippen molar-refractivity contribution >= 4 is 10.0 Å². The highest BCUT2D eigenvalue weighted by Crippen LogP contribution is 2.17. The largest absolute Gasteiger partial charge is 0.377 e. The second-order valence-corrected chi connectivity index (χ2v) is 7.56. The van der Waals surface area contributed by atoms with Crippen LogP contribution in [0.3, 0.4) is 0 Å². The van der Waals surface area contributed by atoms with Gasteiger partial charge in [0, 0.05) is 13.2 Å². The van der Waals surface area contributed by atoms with Crippen LogP contribution >= 0.6 is 0 Å². The van der Waals surface area contributed by atoms with Crippen LogP contribution in [-0.4, -0.2) is 46.5 Å². The molecule has 6 heteroatoms. The van der Waals surface area contributed by atoms with E-state index >= 15 is 0 Å². The summed E-state index contributed by atoms with van der Waals surface area (Å²) in [6, 6.07) is 0. The third-order valence-electron chi connectivity index (χ3n) is 4.06. The average Bonchev–Trinajstić information content (AvgIpc) is 2.46. The van der Waals surface area contributed by atoms with Crippen molar-refractivity contribution in [1.82, 2.24) is 10.0 Å². The average molecular weight is 290 g/mol. The lowest BCUT2D eigenvalue weighted by atomic mass is 9.96. The third kappa shape index (κ3) is 5.77. The highest BCUT2D eigenvalue weighted by molar-refractivity contribution is 7.89. The molecule has 0 spiro atoms. The molecule has 2 rings (SSSR count). The van der Waals surface area contributed by atoms with Crippen LogP contribution < -0.4 is 10.0 Å². The van der Waals surface area contributed by atoms with E-state index in [4.69, 9.17) is 4.74 Å². The molecule has 2 fully saturated rings. The van der Waals surface area contributed by atoms with Crippen molar-refractivity contribution in [1.29, 1.82) is 0 Å². The summed E-state index contributed by atoms with van der Waals surface area (Å²) in [7, 11) is -3.13. The van der Waals surface area contributed by atoms with E-state index in [1.54, 1.807) is 0 Å². The van der Waals surface area contributed by atoms with Gasteiger partial charge in [-0.05, 0) is 57.5 Å². The highest BCUT2D eigenvalue weighted by Gasteiger charge is 2.20. The summed E-state index contributed by atoms with van der Waals surface area (Å²) >= 11 is 0. The fraction of sp³-hybridized carbons (Fsp3) is 1.00. The Labute approximate surface area is 116 Å². The Bertz CT molecular complexity index is 319. The van der Waals surface area contributed by atoms with Gasteiger partial charge in [0.15, 0.2) is 0 Å². The zero-order valence-corrected chi connectivity index (χ0v) is 12.4. The highest BCUT2D eigenvalue weighted by atomic mass is 32.2. The van der Waals surface area contributed by atoms with Crippen molar-refractivity contribution in [2.24, 2.45) is 5.92 Å². The molecule has 2 saturated heterocycles. The standard InChI is InChI=1S/C13H26N2O3S/c16-19(17,10-6-12-4-7-14-8-5-12)15-11-13-3-1-2-9-18-13/h12-15H,1-11H2. The smallest absolute Gasteiger partial charge is 0.211 e. The molecule has 0 amide bonds. The SMILES string of the molecule is O=S(=O)(CCC1CCNCC1)NCC1CCCCO1. The van der Waals surface area contributed by atoms with Gasteiger partial charge >= 0.3 is 0 Å². The van der Waals surface area contributed by atoms with Gasteiger partial charge in [-0.3, -0.25) is 0 Å². The number of rotatable bonds is 6. The summed E-state index contributed by atoms with van der Waals surface area (Å²) in [4.78, 5) is 0. The van der Waals surface area contributed by atoms with Crippen molar-refractivity contribution in [2.75, 3.05) is 32.0 Å². The van der Waals surface area contributed by atoms with Crippen molar-refractivity contribution in [3.05, 3.63) is 0 Å². The first kappa shape index (κ1) is 15.2. The van der Waals surface area contributed by atoms with Crippen LogP contribution in [-0.2, 0) is 14.8 Å². The molecule has 2 aliphatic rings. The maximum absolute atomic E-state index is 11.9. The Morgan fingerprint density at radius 3 is 2.63 bits per heavy atom. The molecule has 0 aromatic carbocycles. The molecule has 2 aliphatic heterocycles. The fourth-order valence-corrected chi connectivity index (χ4v) is 3.98. The van der Waals surface area contributed by atoms with Crippen LogP contribution in [0.5, 0.6) is 0 Å². The molecule has 1 unspecified atom stereocenters. The summed E-state index contributed by atoms with van der Waals surface area (Å²) < 4.78 is 32.1. The van der Waals surface area contributed by atoms with Crippen LogP contribution in [0.25, 0.3) is 0 Å². The fourth-order valence-electron chi connectivity index (χ4n) is 2.75. The number of ether oxygens (including phenoxy) is 1. The minimum atomic E-state index is -3.13. The molecule has 0 saturated carbocycles. The van der Waals surface area contributed by atoms with Gasteiger partial charge in [-0.15, -0.1) is 0 Å². The molecule has 19 heavy (non-hydrogen) atoms. The summed E-state index contributed by atoms with van der Waals surface area (Å²) in [5.74, 6) is 0.813. The second-order valence-electron chi connectivity index (χ2n) is 5.64. The first-order valence-electron chi connectivity index (χ1n) is 7.45. The van der Waals surface area contributed by atoms with Crippen LogP contribution in [0.1, 0.15) is 38.5 Å². The van der Waals surface area contributed by atoms with Crippen molar-refractivity contribution < 1.29 is 13.2 Å². The maximum atomic E-state index is 11.9. The van der Waals surface area contributed by atoms with E-state index in [0.717, 1.165) is 58.2 Å². The van der Waals surface area contributed by atoms with Crippen LogP contribution in [0.15, 0.2) is 0 Å². The number of hydrogen-bond donors (Lipinski definition) is 2. The van der Waals surface area contributed by atoms with E-state index in [2.05, 4.69) is 10.0 Å². The number of sulfonamides is 1. The normalized spacial score (nSPS) is 26.4. The lowest BCUT2D eigenvalue weighted by Gasteiger charge is -2.24. The molecule has 0 aromatic rings. The number of hydrogen-bond acceptors (Lipinski definition) is 4. The quantitative estimate of drug-likeness (QED) is 0.761. The van der Waals surface area contributed by atoms with Gasteiger partial charge in [0.05, 0.1) is 11.9 Å².